The summed E-state index contributed by atoms with van der Waals surface area (Å²) in [5.74, 6) is 0.570. The van der Waals surface area contributed by atoms with Gasteiger partial charge in [-0.2, -0.15) is 0 Å². The quantitative estimate of drug-likeness (QED) is 0.882. The highest BCUT2D eigenvalue weighted by molar-refractivity contribution is 9.10. The van der Waals surface area contributed by atoms with Crippen LogP contribution in [0.3, 0.4) is 0 Å². The summed E-state index contributed by atoms with van der Waals surface area (Å²) in [6, 6.07) is 14.8. The second kappa shape index (κ2) is 7.41. The minimum atomic E-state index is 0.570. The van der Waals surface area contributed by atoms with E-state index < -0.39 is 0 Å². The summed E-state index contributed by atoms with van der Waals surface area (Å²) in [6.07, 6.45) is 3.96. The minimum absolute atomic E-state index is 0.570. The van der Waals surface area contributed by atoms with E-state index in [4.69, 9.17) is 0 Å². The Morgan fingerprint density at radius 1 is 1.11 bits per heavy atom. The summed E-state index contributed by atoms with van der Waals surface area (Å²) >= 11 is 3.42. The average Bonchev–Trinajstić information content (AvgIpc) is 2.43. The first-order chi connectivity index (χ1) is 9.28. The van der Waals surface area contributed by atoms with Crippen LogP contribution in [0.4, 0.5) is 0 Å². The van der Waals surface area contributed by atoms with E-state index in [0.717, 1.165) is 29.6 Å². The lowest BCUT2D eigenvalue weighted by Crippen LogP contribution is -2.23. The molecule has 0 aliphatic heterocycles. The molecule has 1 aromatic carbocycles. The highest BCUT2D eigenvalue weighted by Crippen LogP contribution is 2.15. The van der Waals surface area contributed by atoms with Gasteiger partial charge in [-0.15, -0.1) is 0 Å². The molecular weight excluding hydrogens is 300 g/mol. The Balaban J connectivity index is 2.01. The molecule has 1 heterocycles. The molecule has 0 fully saturated rings. The smallest absolute Gasteiger partial charge is 0.0413 e. The molecule has 2 nitrogen and oxygen atoms in total. The van der Waals surface area contributed by atoms with Crippen molar-refractivity contribution in [1.82, 2.24) is 10.3 Å². The molecule has 0 aliphatic carbocycles. The van der Waals surface area contributed by atoms with E-state index in [1.165, 1.54) is 5.56 Å². The van der Waals surface area contributed by atoms with Gasteiger partial charge in [0.2, 0.25) is 0 Å². The largest absolute Gasteiger partial charge is 0.319 e. The van der Waals surface area contributed by atoms with E-state index in [1.54, 1.807) is 0 Å². The van der Waals surface area contributed by atoms with Crippen molar-refractivity contribution in [3.05, 3.63) is 64.4 Å². The number of nitrogens with one attached hydrogen (secondary N) is 1. The average molecular weight is 319 g/mol. The van der Waals surface area contributed by atoms with Crippen molar-refractivity contribution in [2.45, 2.75) is 12.8 Å². The summed E-state index contributed by atoms with van der Waals surface area (Å²) in [5.41, 5.74) is 2.54. The third-order valence-electron chi connectivity index (χ3n) is 3.15. The van der Waals surface area contributed by atoms with Crippen LogP contribution in [-0.4, -0.2) is 18.6 Å². The molecule has 0 saturated heterocycles. The number of halogens is 1. The topological polar surface area (TPSA) is 24.9 Å². The van der Waals surface area contributed by atoms with Gasteiger partial charge in [0.15, 0.2) is 0 Å². The highest BCUT2D eigenvalue weighted by Gasteiger charge is 2.10. The van der Waals surface area contributed by atoms with E-state index in [2.05, 4.69) is 68.7 Å². The molecule has 0 saturated carbocycles. The first-order valence-corrected chi connectivity index (χ1v) is 7.36. The van der Waals surface area contributed by atoms with Crippen molar-refractivity contribution >= 4 is 15.9 Å². The Bertz CT molecular complexity index is 482. The summed E-state index contributed by atoms with van der Waals surface area (Å²) < 4.78 is 1.03. The van der Waals surface area contributed by atoms with Gasteiger partial charge in [0.1, 0.15) is 0 Å². The zero-order valence-corrected chi connectivity index (χ0v) is 12.7. The molecule has 19 heavy (non-hydrogen) atoms. The van der Waals surface area contributed by atoms with Gasteiger partial charge < -0.3 is 5.32 Å². The van der Waals surface area contributed by atoms with Crippen LogP contribution in [0.25, 0.3) is 0 Å². The second-order valence-corrected chi connectivity index (χ2v) is 5.70. The van der Waals surface area contributed by atoms with Crippen molar-refractivity contribution in [3.8, 4) is 0 Å². The molecule has 2 aromatic rings. The minimum Gasteiger partial charge on any atom is -0.319 e. The van der Waals surface area contributed by atoms with Crippen LogP contribution in [0.5, 0.6) is 0 Å². The van der Waals surface area contributed by atoms with Gasteiger partial charge in [0, 0.05) is 16.4 Å². The van der Waals surface area contributed by atoms with Crippen LogP contribution < -0.4 is 5.32 Å². The van der Waals surface area contributed by atoms with Crippen molar-refractivity contribution in [2.24, 2.45) is 5.92 Å². The van der Waals surface area contributed by atoms with E-state index in [9.17, 15) is 0 Å². The highest BCUT2D eigenvalue weighted by atomic mass is 79.9. The van der Waals surface area contributed by atoms with E-state index >= 15 is 0 Å². The number of hydrogen-bond donors (Lipinski definition) is 1. The maximum absolute atomic E-state index is 4.47. The zero-order valence-electron chi connectivity index (χ0n) is 11.1. The first-order valence-electron chi connectivity index (χ1n) is 6.57. The van der Waals surface area contributed by atoms with Crippen molar-refractivity contribution in [3.63, 3.8) is 0 Å². The maximum Gasteiger partial charge on any atom is 0.0413 e. The van der Waals surface area contributed by atoms with Gasteiger partial charge in [-0.3, -0.25) is 4.98 Å². The Hall–Kier alpha value is -1.19. The molecule has 0 amide bonds. The molecule has 1 N–H and O–H groups in total. The van der Waals surface area contributed by atoms with Crippen LogP contribution in [-0.2, 0) is 12.8 Å². The standard InChI is InChI=1S/C16H19BrN2/c1-18-11-14(9-13-5-3-2-4-6-13)10-16-8-7-15(17)12-19-16/h2-8,12,14,18H,9-11H2,1H3. The van der Waals surface area contributed by atoms with Gasteiger partial charge in [0.25, 0.3) is 0 Å². The first kappa shape index (κ1) is 14.2. The number of pyridine rings is 1. The fraction of sp³-hybridized carbons (Fsp3) is 0.312. The van der Waals surface area contributed by atoms with Crippen molar-refractivity contribution in [1.29, 1.82) is 0 Å². The number of benzene rings is 1. The second-order valence-electron chi connectivity index (χ2n) is 4.79. The number of hydrogen-bond acceptors (Lipinski definition) is 2. The van der Waals surface area contributed by atoms with E-state index in [-0.39, 0.29) is 0 Å². The Morgan fingerprint density at radius 3 is 2.53 bits per heavy atom. The molecule has 1 aromatic heterocycles. The van der Waals surface area contributed by atoms with Gasteiger partial charge in [-0.1, -0.05) is 30.3 Å². The van der Waals surface area contributed by atoms with Gasteiger partial charge >= 0.3 is 0 Å². The number of aromatic nitrogens is 1. The molecule has 0 aliphatic rings. The van der Waals surface area contributed by atoms with Crippen molar-refractivity contribution in [2.75, 3.05) is 13.6 Å². The summed E-state index contributed by atoms with van der Waals surface area (Å²) in [5, 5.41) is 3.28. The zero-order chi connectivity index (χ0) is 13.5. The number of nitrogens with zero attached hydrogens (tertiary/aromatic N) is 1. The Labute approximate surface area is 123 Å². The predicted molar refractivity (Wildman–Crippen MR) is 83.2 cm³/mol. The molecule has 2 rings (SSSR count). The SMILES string of the molecule is CNCC(Cc1ccccc1)Cc1ccc(Br)cn1. The summed E-state index contributed by atoms with van der Waals surface area (Å²) in [6.45, 7) is 1.01. The Kier molecular flexibility index (Phi) is 5.55. The van der Waals surface area contributed by atoms with E-state index in [1.807, 2.05) is 13.2 Å². The maximum atomic E-state index is 4.47. The number of rotatable bonds is 6. The third kappa shape index (κ3) is 4.77. The van der Waals surface area contributed by atoms with E-state index in [0.29, 0.717) is 5.92 Å². The molecule has 1 unspecified atom stereocenters. The van der Waals surface area contributed by atoms with Gasteiger partial charge in [0.05, 0.1) is 0 Å². The molecule has 0 spiro atoms. The fourth-order valence-electron chi connectivity index (χ4n) is 2.28. The van der Waals surface area contributed by atoms with Crippen LogP contribution in [0.15, 0.2) is 53.1 Å². The van der Waals surface area contributed by atoms with Gasteiger partial charge in [-0.05, 0) is 66.0 Å². The van der Waals surface area contributed by atoms with Gasteiger partial charge in [-0.25, -0.2) is 0 Å². The Morgan fingerprint density at radius 2 is 1.89 bits per heavy atom. The van der Waals surface area contributed by atoms with Crippen LogP contribution >= 0.6 is 15.9 Å². The molecule has 0 bridgehead atoms. The normalized spacial score (nSPS) is 12.3. The summed E-state index contributed by atoms with van der Waals surface area (Å²) in [7, 11) is 2.01. The third-order valence-corrected chi connectivity index (χ3v) is 3.62. The lowest BCUT2D eigenvalue weighted by molar-refractivity contribution is 0.488. The molecular formula is C16H19BrN2. The molecule has 100 valence electrons. The monoisotopic (exact) mass is 318 g/mol. The predicted octanol–water partition coefficient (Wildman–Crippen LogP) is 3.46. The lowest BCUT2D eigenvalue weighted by atomic mass is 9.94. The van der Waals surface area contributed by atoms with Crippen molar-refractivity contribution < 1.29 is 0 Å². The van der Waals surface area contributed by atoms with Crippen LogP contribution in [0, 0.1) is 5.92 Å². The van der Waals surface area contributed by atoms with Crippen LogP contribution in [0.2, 0.25) is 0 Å². The molecule has 0 radical (unpaired) electrons. The van der Waals surface area contributed by atoms with Crippen LogP contribution in [0.1, 0.15) is 11.3 Å². The molecule has 1 atom stereocenters. The fourth-order valence-corrected chi connectivity index (χ4v) is 2.51. The summed E-state index contributed by atoms with van der Waals surface area (Å²) in [4.78, 5) is 4.47. The molecule has 3 heteroatoms. The lowest BCUT2D eigenvalue weighted by Gasteiger charge is -2.16.